The number of amides is 2. The molecule has 0 bridgehead atoms. The van der Waals surface area contributed by atoms with E-state index in [0.29, 0.717) is 16.2 Å². The van der Waals surface area contributed by atoms with E-state index in [2.05, 4.69) is 33.5 Å². The Morgan fingerprint density at radius 2 is 1.75 bits per heavy atom. The summed E-state index contributed by atoms with van der Waals surface area (Å²) >= 11 is 3.06. The maximum atomic E-state index is 11.9. The van der Waals surface area contributed by atoms with Crippen molar-refractivity contribution in [1.82, 2.24) is 10.6 Å². The molecule has 0 saturated heterocycles. The zero-order valence-electron chi connectivity index (χ0n) is 20.5. The molecule has 0 radical (unpaired) electrons. The topological polar surface area (TPSA) is 196 Å². The number of rotatable bonds is 13. The number of carbonyl (C=O) groups excluding carboxylic acids is 2. The van der Waals surface area contributed by atoms with Crippen LogP contribution in [0.25, 0.3) is 0 Å². The summed E-state index contributed by atoms with van der Waals surface area (Å²) in [5.41, 5.74) is 14.1. The fraction of sp³-hybridized carbons (Fsp3) is 0.524. The molecule has 0 saturated carbocycles. The van der Waals surface area contributed by atoms with Crippen LogP contribution in [0.5, 0.6) is 0 Å². The fourth-order valence-electron chi connectivity index (χ4n) is 2.54. The Kier molecular flexibility index (Phi) is 16.9. The summed E-state index contributed by atoms with van der Waals surface area (Å²) in [6.45, 7) is -0.528. The van der Waals surface area contributed by atoms with Gasteiger partial charge in [0.25, 0.3) is 0 Å². The molecule has 0 aromatic rings. The molecule has 0 aromatic heterocycles. The van der Waals surface area contributed by atoms with E-state index in [9.17, 15) is 24.0 Å². The van der Waals surface area contributed by atoms with Crippen molar-refractivity contribution in [2.24, 2.45) is 5.73 Å². The first-order valence-corrected chi connectivity index (χ1v) is 22.8. The number of hydrogen-bond donors (Lipinski definition) is 6. The van der Waals surface area contributed by atoms with Crippen molar-refractivity contribution in [2.75, 3.05) is 12.3 Å². The number of aliphatic carboxylic acids is 3. The van der Waals surface area contributed by atoms with Gasteiger partial charge in [0.1, 0.15) is 0 Å². The van der Waals surface area contributed by atoms with Crippen LogP contribution >= 0.6 is 22.2 Å². The van der Waals surface area contributed by atoms with Crippen molar-refractivity contribution in [2.45, 2.75) is 52.5 Å². The predicted octanol–water partition coefficient (Wildman–Crippen LogP) is 0.910. The second kappa shape index (κ2) is 17.7. The van der Waals surface area contributed by atoms with E-state index in [0.717, 1.165) is 0 Å². The van der Waals surface area contributed by atoms with E-state index in [4.69, 9.17) is 33.3 Å². The van der Waals surface area contributed by atoms with Crippen LogP contribution in [-0.4, -0.2) is 102 Å². The van der Waals surface area contributed by atoms with E-state index in [1.165, 1.54) is 0 Å². The van der Waals surface area contributed by atoms with E-state index in [1.807, 2.05) is 6.08 Å². The zero-order valence-corrected chi connectivity index (χ0v) is 25.8. The van der Waals surface area contributed by atoms with E-state index < -0.39 is 76.5 Å². The molecule has 0 aromatic carbocycles. The third-order valence-corrected chi connectivity index (χ3v) is 13.7. The third-order valence-electron chi connectivity index (χ3n) is 4.44. The number of allylic oxidation sites excluding steroid dienone is 3. The molecule has 1 aliphatic carbocycles. The minimum absolute atomic E-state index is 0.0445. The molecule has 36 heavy (non-hydrogen) atoms. The van der Waals surface area contributed by atoms with Crippen LogP contribution in [0.4, 0.5) is 0 Å². The molecule has 3 unspecified atom stereocenters. The van der Waals surface area contributed by atoms with Gasteiger partial charge in [-0.15, -0.1) is 0 Å². The molecule has 0 spiro atoms. The number of hydrogen-bond acceptors (Lipinski definition) is 8. The van der Waals surface area contributed by atoms with Crippen molar-refractivity contribution in [3.8, 4) is 0 Å². The monoisotopic (exact) mass is 669 g/mol. The Hall–Kier alpha value is -1.65. The first-order valence-electron chi connectivity index (χ1n) is 10.6. The summed E-state index contributed by atoms with van der Waals surface area (Å²) < 4.78 is 0.235. The molecule has 3 atom stereocenters. The second-order valence-corrected chi connectivity index (χ2v) is 22.9. The van der Waals surface area contributed by atoms with Gasteiger partial charge in [-0.25, -0.2) is 0 Å². The van der Waals surface area contributed by atoms with Crippen LogP contribution in [0.15, 0.2) is 23.8 Å². The molecule has 11 nitrogen and oxygen atoms in total. The Labute approximate surface area is 228 Å². The Bertz CT molecular complexity index is 896. The molecule has 1 rings (SSSR count). The van der Waals surface area contributed by atoms with Gasteiger partial charge in [-0.1, -0.05) is 0 Å². The van der Waals surface area contributed by atoms with Crippen molar-refractivity contribution < 1.29 is 39.3 Å². The molecular formula is C21H33As2N3O8S2. The molecule has 7 N–H and O–H groups in total. The van der Waals surface area contributed by atoms with Gasteiger partial charge in [0, 0.05) is 0 Å². The zero-order chi connectivity index (χ0) is 28.0. The molecule has 202 valence electrons. The summed E-state index contributed by atoms with van der Waals surface area (Å²) in [4.78, 5) is 56.2. The number of nitrogens with one attached hydrogen (secondary N) is 2. The SMILES string of the molecule is C[As](C)C1C=CC=C(C(=O)O)C1=S.C[As](C)SCC(NC(=O)CCC(N)C(=O)O)C(=O)NCC(=O)O. The van der Waals surface area contributed by atoms with Gasteiger partial charge in [0.15, 0.2) is 0 Å². The predicted molar refractivity (Wildman–Crippen MR) is 146 cm³/mol. The quantitative estimate of drug-likeness (QED) is 0.121. The van der Waals surface area contributed by atoms with Crippen molar-refractivity contribution in [1.29, 1.82) is 0 Å². The van der Waals surface area contributed by atoms with Crippen LogP contribution in [-0.2, 0) is 24.0 Å². The fourth-order valence-corrected chi connectivity index (χ4v) is 9.57. The van der Waals surface area contributed by atoms with Crippen molar-refractivity contribution >= 4 is 85.0 Å². The first-order chi connectivity index (χ1) is 16.7. The Balaban J connectivity index is 0.000000790. The minimum atomic E-state index is -1.20. The number of nitrogens with two attached hydrogens (primary N) is 1. The normalized spacial score (nSPS) is 16.4. The summed E-state index contributed by atoms with van der Waals surface area (Å²) in [6.07, 6.45) is 5.24. The second-order valence-electron chi connectivity index (χ2n) is 7.87. The number of carbonyl (C=O) groups is 5. The molecular weight excluding hydrogens is 636 g/mol. The van der Waals surface area contributed by atoms with Crippen molar-refractivity contribution in [3.63, 3.8) is 0 Å². The molecule has 15 heteroatoms. The molecule has 0 heterocycles. The van der Waals surface area contributed by atoms with Gasteiger partial charge < -0.3 is 0 Å². The maximum absolute atomic E-state index is 11.9. The summed E-state index contributed by atoms with van der Waals surface area (Å²) in [5, 5.41) is 30.8. The van der Waals surface area contributed by atoms with Gasteiger partial charge in [-0.3, -0.25) is 0 Å². The summed E-state index contributed by atoms with van der Waals surface area (Å²) in [7, 11) is 1.58. The third kappa shape index (κ3) is 14.2. The molecule has 0 fully saturated rings. The van der Waals surface area contributed by atoms with Crippen LogP contribution in [0, 0.1) is 0 Å². The van der Waals surface area contributed by atoms with E-state index in [-0.39, 0.29) is 17.5 Å². The number of carboxylic acids is 3. The molecule has 1 aliphatic rings. The number of thiocarbonyl (C=S) groups is 1. The summed E-state index contributed by atoms with van der Waals surface area (Å²) in [6, 6.07) is -2.00. The first kappa shape index (κ1) is 34.3. The Morgan fingerprint density at radius 3 is 2.22 bits per heavy atom. The van der Waals surface area contributed by atoms with Crippen LogP contribution in [0.1, 0.15) is 12.8 Å². The van der Waals surface area contributed by atoms with E-state index >= 15 is 0 Å². The molecule has 0 aliphatic heterocycles. The van der Waals surface area contributed by atoms with Crippen LogP contribution in [0.3, 0.4) is 0 Å². The Morgan fingerprint density at radius 1 is 1.14 bits per heavy atom. The van der Waals surface area contributed by atoms with Crippen LogP contribution in [0.2, 0.25) is 27.6 Å². The average molecular weight is 669 g/mol. The standard InChI is InChI=1S/C12H22AsN3O6S.C9H11AsO2S/c1-13(2)23-6-8(11(20)15-5-10(18)19)16-9(17)4-3-7(14)12(21)22;1-10(2)7-5-3-4-6(8(7)13)9(11)12/h7-8H,3-6,14H2,1-2H3,(H,15,20)(H,16,17)(H,18,19)(H,21,22);3-5,7H,1-2H3,(H,11,12). The average Bonchev–Trinajstić information content (AvgIpc) is 2.78. The molecule has 2 amide bonds. The van der Waals surface area contributed by atoms with Crippen LogP contribution < -0.4 is 16.4 Å². The van der Waals surface area contributed by atoms with Gasteiger partial charge in [0.05, 0.1) is 0 Å². The van der Waals surface area contributed by atoms with Gasteiger partial charge in [-0.05, 0) is 0 Å². The summed E-state index contributed by atoms with van der Waals surface area (Å²) in [5.74, 6) is -4.02. The van der Waals surface area contributed by atoms with Crippen molar-refractivity contribution in [3.05, 3.63) is 23.8 Å². The van der Waals surface area contributed by atoms with Gasteiger partial charge in [-0.2, -0.15) is 0 Å². The van der Waals surface area contributed by atoms with E-state index in [1.54, 1.807) is 22.2 Å². The van der Waals surface area contributed by atoms with Gasteiger partial charge in [0.2, 0.25) is 0 Å². The number of carboxylic acid groups (broad SMARTS) is 3. The van der Waals surface area contributed by atoms with Gasteiger partial charge >= 0.3 is 229 Å².